The number of alkyl halides is 3. The third-order valence-corrected chi connectivity index (χ3v) is 20.0. The van der Waals surface area contributed by atoms with Crippen molar-refractivity contribution in [2.24, 2.45) is 0 Å². The number of benzene rings is 3. The molecule has 6 nitrogen and oxygen atoms in total. The van der Waals surface area contributed by atoms with Gasteiger partial charge in [0.15, 0.2) is 5.16 Å². The van der Waals surface area contributed by atoms with Crippen molar-refractivity contribution in [3.8, 4) is 11.1 Å². The summed E-state index contributed by atoms with van der Waals surface area (Å²) in [6.45, 7) is 5.22. The van der Waals surface area contributed by atoms with Gasteiger partial charge in [0.05, 0.1) is 15.7 Å². The summed E-state index contributed by atoms with van der Waals surface area (Å²) >= 11 is 1.44. The standard InChI is InChI=1S/C36H64B26F4N4O2S/c1-29(49,50)70(30(2,51)52)4-3-69(33(57,58)9-17(41)13(37)7(14(38)18(9)42)8-15(39)21(45)11(35(64,65)66)22(46)16(8)40)6(71)5-68-26-12(31(53,54)36(61,62)32(26,55)56)27(72)67-28(68)73-34(59,60)10-19(43)23(47)25(63)24(48)20(10)44/h3-5,37-62H2,1-2H3. The molecule has 1 heterocycles. The van der Waals surface area contributed by atoms with E-state index < -0.39 is 37.3 Å². The molecule has 37 heteroatoms. The Balaban J connectivity index is 1.85. The fraction of sp³-hybridized carbons (Fsp3) is 0.361. The summed E-state index contributed by atoms with van der Waals surface area (Å²) in [6, 6.07) is 0. The zero-order valence-electron chi connectivity index (χ0n) is 50.1. The molecule has 0 N–H and O–H groups in total. The molecule has 0 spiro atoms. The Hall–Kier alpha value is -2.27. The van der Waals surface area contributed by atoms with Crippen molar-refractivity contribution in [3.05, 3.63) is 44.1 Å². The van der Waals surface area contributed by atoms with E-state index in [9.17, 15) is 18.0 Å². The van der Waals surface area contributed by atoms with Crippen molar-refractivity contribution in [1.29, 1.82) is 0 Å². The minimum absolute atomic E-state index is 0.103. The zero-order valence-corrected chi connectivity index (χ0v) is 51.0. The third-order valence-electron chi connectivity index (χ3n) is 18.8. The van der Waals surface area contributed by atoms with Gasteiger partial charge in [-0.25, -0.2) is 4.39 Å². The molecule has 0 atom stereocenters. The molecule has 1 amide bonds. The molecule has 0 aliphatic heterocycles. The normalized spacial score (nSPS) is 15.5. The van der Waals surface area contributed by atoms with E-state index >= 15 is 9.18 Å². The predicted molar refractivity (Wildman–Crippen MR) is 380 cm³/mol. The second-order valence-electron chi connectivity index (χ2n) is 26.3. The lowest BCUT2D eigenvalue weighted by atomic mass is 9.20. The van der Waals surface area contributed by atoms with Crippen LogP contribution in [-0.4, -0.2) is 253 Å². The molecular weight excluding hydrogens is 910 g/mol. The van der Waals surface area contributed by atoms with Gasteiger partial charge >= 0.3 is 6.18 Å². The number of nitrogens with zero attached hydrogens (tertiary/aromatic N) is 4. The minimum Gasteiger partial charge on any atom is -0.346 e. The van der Waals surface area contributed by atoms with E-state index in [0.717, 1.165) is 60.7 Å². The van der Waals surface area contributed by atoms with Crippen LogP contribution in [0.15, 0.2) is 9.95 Å². The number of carbonyl (C=O) groups is 1. The van der Waals surface area contributed by atoms with Gasteiger partial charge in [-0.1, -0.05) is 118 Å². The van der Waals surface area contributed by atoms with Crippen LogP contribution in [0.4, 0.5) is 17.6 Å². The highest BCUT2D eigenvalue weighted by atomic mass is 32.2. The monoisotopic (exact) mass is 979 g/mol. The number of hydrogen-bond donors (Lipinski definition) is 0. The van der Waals surface area contributed by atoms with Crippen LogP contribution >= 0.6 is 11.8 Å². The zero-order chi connectivity index (χ0) is 56.5. The molecule has 5 rings (SSSR count). The van der Waals surface area contributed by atoms with Crippen molar-refractivity contribution in [2.45, 2.75) is 67.9 Å². The average Bonchev–Trinajstić information content (AvgIpc) is 3.33. The quantitative estimate of drug-likeness (QED) is 0.0578. The number of thioether (sulfide) groups is 1. The maximum atomic E-state index is 16.3. The van der Waals surface area contributed by atoms with Crippen LogP contribution < -0.4 is 71.1 Å². The molecule has 0 fully saturated rings. The fourth-order valence-electron chi connectivity index (χ4n) is 13.5. The molecule has 0 bridgehead atoms. The minimum atomic E-state index is -4.49. The molecule has 352 valence electrons. The van der Waals surface area contributed by atoms with Gasteiger partial charge in [-0.3, -0.25) is 9.59 Å². The molecular formula is C36H64B26F4N4O2S. The van der Waals surface area contributed by atoms with Crippen LogP contribution in [-0.2, 0) is 37.8 Å². The number of hydrogen-bond acceptors (Lipinski definition) is 5. The van der Waals surface area contributed by atoms with Crippen molar-refractivity contribution < 1.29 is 22.4 Å². The summed E-state index contributed by atoms with van der Waals surface area (Å²) in [5.41, 5.74) is 12.7. The largest absolute Gasteiger partial charge is 0.415 e. The number of aromatic nitrogens is 2. The average molecular weight is 974 g/mol. The van der Waals surface area contributed by atoms with Crippen molar-refractivity contribution in [3.63, 3.8) is 0 Å². The van der Waals surface area contributed by atoms with E-state index in [-0.39, 0.29) is 45.4 Å². The lowest BCUT2D eigenvalue weighted by molar-refractivity contribution is -0.136. The summed E-state index contributed by atoms with van der Waals surface area (Å²) in [5.74, 6) is -0.360. The first kappa shape index (κ1) is 61.6. The van der Waals surface area contributed by atoms with Gasteiger partial charge in [-0.2, -0.15) is 18.2 Å². The molecule has 0 unspecified atom stereocenters. The van der Waals surface area contributed by atoms with Gasteiger partial charge in [0.1, 0.15) is 201 Å². The van der Waals surface area contributed by atoms with E-state index in [1.165, 1.54) is 11.8 Å². The molecule has 3 aromatic carbocycles. The van der Waals surface area contributed by atoms with E-state index in [2.05, 4.69) is 160 Å². The maximum Gasteiger partial charge on any atom is 0.415 e. The van der Waals surface area contributed by atoms with Gasteiger partial charge in [-0.05, 0) is 26.3 Å². The fourth-order valence-corrected chi connectivity index (χ4v) is 14.7. The number of halogens is 4. The lowest BCUT2D eigenvalue weighted by Crippen LogP contribution is -2.65. The summed E-state index contributed by atoms with van der Waals surface area (Å²) in [6.07, 6.45) is -4.49. The highest BCUT2D eigenvalue weighted by Crippen LogP contribution is 2.57. The number of rotatable bonds is 13. The SMILES string of the molecule is Bc1c(B)c(C(B)(B)Sc2nc(=O)c3c(n2CC(=O)N(CCN(C(B)(B)C)C(B)(B)C)C(B)(B)c2c(B)c(B)c(-c4c(B)c(B)c(C(F)(F)F)c(B)c4B)c(B)c2B)C(B)(B)C(B)(B)C3(B)B)c(B)c(B)c1F. The lowest BCUT2D eigenvalue weighted by Gasteiger charge is -2.49. The van der Waals surface area contributed by atoms with Crippen LogP contribution in [0.3, 0.4) is 0 Å². The topological polar surface area (TPSA) is 58.4 Å². The third kappa shape index (κ3) is 10.1. The number of carbonyl (C=O) groups excluding carboxylic acids is 1. The van der Waals surface area contributed by atoms with Crippen molar-refractivity contribution in [1.82, 2.24) is 19.4 Å². The van der Waals surface area contributed by atoms with E-state index in [0.29, 0.717) is 45.7 Å². The van der Waals surface area contributed by atoms with E-state index in [1.807, 2.05) is 40.9 Å². The molecule has 0 radical (unpaired) electrons. The Morgan fingerprint density at radius 1 is 0.589 bits per heavy atom. The molecule has 4 aromatic rings. The van der Waals surface area contributed by atoms with Gasteiger partial charge in [0.25, 0.3) is 5.56 Å². The molecule has 0 saturated heterocycles. The van der Waals surface area contributed by atoms with Crippen LogP contribution in [0, 0.1) is 5.82 Å². The highest BCUT2D eigenvalue weighted by Gasteiger charge is 2.59. The van der Waals surface area contributed by atoms with Gasteiger partial charge in [0.2, 0.25) is 5.91 Å². The summed E-state index contributed by atoms with van der Waals surface area (Å²) in [5, 5.41) is -2.64. The second kappa shape index (κ2) is 19.9. The maximum absolute atomic E-state index is 16.3. The first-order valence-corrected chi connectivity index (χ1v) is 27.0. The van der Waals surface area contributed by atoms with Gasteiger partial charge < -0.3 is 14.4 Å². The summed E-state index contributed by atoms with van der Waals surface area (Å²) in [4.78, 5) is 40.5. The molecule has 1 aromatic heterocycles. The second-order valence-corrected chi connectivity index (χ2v) is 27.9. The van der Waals surface area contributed by atoms with Crippen LogP contribution in [0.25, 0.3) is 11.1 Å². The number of amides is 1. The van der Waals surface area contributed by atoms with Crippen LogP contribution in [0.1, 0.15) is 41.8 Å². The summed E-state index contributed by atoms with van der Waals surface area (Å²) < 4.78 is 60.6. The Morgan fingerprint density at radius 2 is 0.973 bits per heavy atom. The first-order valence-electron chi connectivity index (χ1n) is 26.2. The molecule has 1 aliphatic carbocycles. The summed E-state index contributed by atoms with van der Waals surface area (Å²) in [7, 11) is 52.8. The molecule has 1 aliphatic rings. The Bertz CT molecular complexity index is 2930. The van der Waals surface area contributed by atoms with Gasteiger partial charge in [-0.15, -0.1) is 0 Å². The molecule has 0 saturated carbocycles. The predicted octanol–water partition coefficient (Wildman–Crippen LogP) is -28.3. The van der Waals surface area contributed by atoms with Crippen molar-refractivity contribution in [2.75, 3.05) is 13.1 Å². The Morgan fingerprint density at radius 3 is 1.36 bits per heavy atom. The first-order chi connectivity index (χ1) is 32.7. The van der Waals surface area contributed by atoms with E-state index in [4.69, 9.17) is 4.98 Å². The van der Waals surface area contributed by atoms with Crippen LogP contribution in [0.5, 0.6) is 0 Å². The van der Waals surface area contributed by atoms with Gasteiger partial charge in [0, 0.05) is 35.2 Å². The van der Waals surface area contributed by atoms with E-state index in [1.54, 1.807) is 31.4 Å². The number of fused-ring (bicyclic) bond motifs is 1. The Labute approximate surface area is 462 Å². The smallest absolute Gasteiger partial charge is 0.346 e. The molecule has 73 heavy (non-hydrogen) atoms. The van der Waals surface area contributed by atoms with Crippen LogP contribution in [0.2, 0.25) is 5.21 Å². The Kier molecular flexibility index (Phi) is 16.8. The van der Waals surface area contributed by atoms with Crippen molar-refractivity contribution >= 4 is 287 Å². The highest BCUT2D eigenvalue weighted by molar-refractivity contribution is 8.02.